The lowest BCUT2D eigenvalue weighted by molar-refractivity contribution is 0.101. The van der Waals surface area contributed by atoms with Crippen LogP contribution >= 0.6 is 22.9 Å². The number of anilines is 1. The van der Waals surface area contributed by atoms with Crippen LogP contribution in [0.5, 0.6) is 5.75 Å². The van der Waals surface area contributed by atoms with Crippen molar-refractivity contribution in [2.75, 3.05) is 12.4 Å². The highest BCUT2D eigenvalue weighted by molar-refractivity contribution is 7.16. The number of methoxy groups -OCH3 is 1. The summed E-state index contributed by atoms with van der Waals surface area (Å²) in [5, 5.41) is 5.22. The van der Waals surface area contributed by atoms with Gasteiger partial charge in [-0.1, -0.05) is 11.6 Å². The standard InChI is InChI=1S/C23H22ClN3O2S/c1-5-27-19-11-8-16(24)12-18(19)13(2)21(27)22(28)26-23-25-20(14(3)30-23)15-6-9-17(29-4)10-7-15/h6-12H,5H2,1-4H3,(H,25,26,28). The molecule has 5 nitrogen and oxygen atoms in total. The molecule has 0 bridgehead atoms. The Hall–Kier alpha value is -2.83. The van der Waals surface area contributed by atoms with Gasteiger partial charge in [-0.2, -0.15) is 0 Å². The number of carbonyl (C=O) groups is 1. The quantitative estimate of drug-likeness (QED) is 0.396. The van der Waals surface area contributed by atoms with Gasteiger partial charge in [0.25, 0.3) is 5.91 Å². The van der Waals surface area contributed by atoms with Gasteiger partial charge in [0, 0.05) is 32.9 Å². The lowest BCUT2D eigenvalue weighted by Crippen LogP contribution is -2.17. The van der Waals surface area contributed by atoms with Crippen LogP contribution in [0.3, 0.4) is 0 Å². The fourth-order valence-corrected chi connectivity index (χ4v) is 4.74. The van der Waals surface area contributed by atoms with Gasteiger partial charge >= 0.3 is 0 Å². The van der Waals surface area contributed by atoms with E-state index in [1.54, 1.807) is 7.11 Å². The molecule has 7 heteroatoms. The highest BCUT2D eigenvalue weighted by atomic mass is 35.5. The minimum atomic E-state index is -0.170. The third kappa shape index (κ3) is 3.57. The van der Waals surface area contributed by atoms with Crippen LogP contribution in [-0.4, -0.2) is 22.6 Å². The first-order chi connectivity index (χ1) is 14.4. The molecule has 0 fully saturated rings. The van der Waals surface area contributed by atoms with Gasteiger partial charge in [-0.15, -0.1) is 11.3 Å². The van der Waals surface area contributed by atoms with Crippen LogP contribution < -0.4 is 10.1 Å². The maximum absolute atomic E-state index is 13.2. The summed E-state index contributed by atoms with van der Waals surface area (Å²) >= 11 is 7.64. The monoisotopic (exact) mass is 439 g/mol. The minimum absolute atomic E-state index is 0.170. The molecule has 4 rings (SSSR count). The van der Waals surface area contributed by atoms with Crippen molar-refractivity contribution in [2.24, 2.45) is 0 Å². The topological polar surface area (TPSA) is 56.2 Å². The molecule has 0 aliphatic rings. The van der Waals surface area contributed by atoms with Crippen LogP contribution in [0.25, 0.3) is 22.2 Å². The van der Waals surface area contributed by atoms with Crippen molar-refractivity contribution in [3.63, 3.8) is 0 Å². The zero-order valence-corrected chi connectivity index (χ0v) is 18.8. The molecular weight excluding hydrogens is 418 g/mol. The van der Waals surface area contributed by atoms with Crippen molar-refractivity contribution in [3.05, 3.63) is 63.6 Å². The van der Waals surface area contributed by atoms with Crippen molar-refractivity contribution < 1.29 is 9.53 Å². The number of halogens is 1. The van der Waals surface area contributed by atoms with Crippen LogP contribution in [0.15, 0.2) is 42.5 Å². The minimum Gasteiger partial charge on any atom is -0.497 e. The zero-order chi connectivity index (χ0) is 21.4. The Bertz CT molecular complexity index is 1240. The van der Waals surface area contributed by atoms with E-state index in [2.05, 4.69) is 10.3 Å². The van der Waals surface area contributed by atoms with Crippen LogP contribution in [0.1, 0.15) is 27.9 Å². The lowest BCUT2D eigenvalue weighted by atomic mass is 10.1. The third-order valence-electron chi connectivity index (χ3n) is 5.19. The van der Waals surface area contributed by atoms with Crippen molar-refractivity contribution in [1.82, 2.24) is 9.55 Å². The molecule has 1 N–H and O–H groups in total. The molecule has 2 heterocycles. The number of aromatic nitrogens is 2. The number of amides is 1. The molecular formula is C23H22ClN3O2S. The van der Waals surface area contributed by atoms with Gasteiger partial charge in [-0.05, 0) is 68.8 Å². The van der Waals surface area contributed by atoms with E-state index in [-0.39, 0.29) is 5.91 Å². The number of ether oxygens (including phenoxy) is 1. The first-order valence-electron chi connectivity index (χ1n) is 9.64. The molecule has 2 aromatic carbocycles. The summed E-state index contributed by atoms with van der Waals surface area (Å²) in [5.74, 6) is 0.625. The molecule has 0 saturated carbocycles. The van der Waals surface area contributed by atoms with Gasteiger partial charge in [-0.25, -0.2) is 4.98 Å². The molecule has 0 aliphatic heterocycles. The summed E-state index contributed by atoms with van der Waals surface area (Å²) in [6.45, 7) is 6.67. The van der Waals surface area contributed by atoms with Gasteiger partial charge < -0.3 is 9.30 Å². The molecule has 4 aromatic rings. The Morgan fingerprint density at radius 1 is 1.20 bits per heavy atom. The second kappa shape index (κ2) is 8.13. The predicted octanol–water partition coefficient (Wildman–Crippen LogP) is 6.32. The van der Waals surface area contributed by atoms with Crippen molar-refractivity contribution in [1.29, 1.82) is 0 Å². The number of nitrogens with zero attached hydrogens (tertiary/aromatic N) is 2. The fraction of sp³-hybridized carbons (Fsp3) is 0.217. The number of carbonyl (C=O) groups excluding carboxylic acids is 1. The first kappa shape index (κ1) is 20.4. The zero-order valence-electron chi connectivity index (χ0n) is 17.2. The van der Waals surface area contributed by atoms with E-state index >= 15 is 0 Å². The van der Waals surface area contributed by atoms with E-state index in [4.69, 9.17) is 16.3 Å². The number of hydrogen-bond acceptors (Lipinski definition) is 4. The molecule has 0 saturated heterocycles. The van der Waals surface area contributed by atoms with Gasteiger partial charge in [0.05, 0.1) is 12.8 Å². The number of benzene rings is 2. The van der Waals surface area contributed by atoms with Crippen LogP contribution in [0.2, 0.25) is 5.02 Å². The Morgan fingerprint density at radius 2 is 1.93 bits per heavy atom. The molecule has 154 valence electrons. The number of aryl methyl sites for hydroxylation is 3. The van der Waals surface area contributed by atoms with Gasteiger partial charge in [0.1, 0.15) is 11.4 Å². The maximum atomic E-state index is 13.2. The fourth-order valence-electron chi connectivity index (χ4n) is 3.74. The summed E-state index contributed by atoms with van der Waals surface area (Å²) in [4.78, 5) is 18.9. The number of fused-ring (bicyclic) bond motifs is 1. The highest BCUT2D eigenvalue weighted by Crippen LogP contribution is 2.33. The van der Waals surface area contributed by atoms with E-state index in [9.17, 15) is 4.79 Å². The number of thiazole rings is 1. The van der Waals surface area contributed by atoms with Crippen molar-refractivity contribution in [2.45, 2.75) is 27.3 Å². The average molecular weight is 440 g/mol. The Morgan fingerprint density at radius 3 is 2.60 bits per heavy atom. The van der Waals surface area contributed by atoms with Gasteiger partial charge in [0.2, 0.25) is 0 Å². The summed E-state index contributed by atoms with van der Waals surface area (Å²) in [6.07, 6.45) is 0. The Balaban J connectivity index is 1.67. The van der Waals surface area contributed by atoms with E-state index < -0.39 is 0 Å². The van der Waals surface area contributed by atoms with Crippen LogP contribution in [-0.2, 0) is 6.54 Å². The molecule has 0 atom stereocenters. The Kier molecular flexibility index (Phi) is 5.54. The largest absolute Gasteiger partial charge is 0.497 e. The maximum Gasteiger partial charge on any atom is 0.274 e. The van der Waals surface area contributed by atoms with Crippen LogP contribution in [0, 0.1) is 13.8 Å². The molecule has 0 aliphatic carbocycles. The first-order valence-corrected chi connectivity index (χ1v) is 10.8. The second-order valence-corrected chi connectivity index (χ2v) is 8.63. The SMILES string of the molecule is CCn1c(C(=O)Nc2nc(-c3ccc(OC)cc3)c(C)s2)c(C)c2cc(Cl)ccc21. The summed E-state index contributed by atoms with van der Waals surface area (Å²) in [5.41, 5.74) is 4.39. The molecule has 30 heavy (non-hydrogen) atoms. The van der Waals surface area contributed by atoms with E-state index in [1.807, 2.05) is 67.8 Å². The molecule has 1 amide bonds. The summed E-state index contributed by atoms with van der Waals surface area (Å²) < 4.78 is 7.24. The van der Waals surface area contributed by atoms with Crippen molar-refractivity contribution >= 4 is 44.9 Å². The van der Waals surface area contributed by atoms with E-state index in [1.165, 1.54) is 11.3 Å². The van der Waals surface area contributed by atoms with Gasteiger partial charge in [-0.3, -0.25) is 10.1 Å². The molecule has 2 aromatic heterocycles. The highest BCUT2D eigenvalue weighted by Gasteiger charge is 2.21. The van der Waals surface area contributed by atoms with Gasteiger partial charge in [0.15, 0.2) is 5.13 Å². The summed E-state index contributed by atoms with van der Waals surface area (Å²) in [7, 11) is 1.64. The van der Waals surface area contributed by atoms with E-state index in [0.29, 0.717) is 22.4 Å². The smallest absolute Gasteiger partial charge is 0.274 e. The predicted molar refractivity (Wildman–Crippen MR) is 124 cm³/mol. The summed E-state index contributed by atoms with van der Waals surface area (Å²) in [6, 6.07) is 13.5. The number of rotatable bonds is 5. The van der Waals surface area contributed by atoms with Crippen LogP contribution in [0.4, 0.5) is 5.13 Å². The number of nitrogens with one attached hydrogen (secondary N) is 1. The second-order valence-electron chi connectivity index (χ2n) is 6.99. The normalized spacial score (nSPS) is 11.1. The molecule has 0 spiro atoms. The third-order valence-corrected chi connectivity index (χ3v) is 6.31. The lowest BCUT2D eigenvalue weighted by Gasteiger charge is -2.08. The van der Waals surface area contributed by atoms with Crippen molar-refractivity contribution in [3.8, 4) is 17.0 Å². The number of hydrogen-bond donors (Lipinski definition) is 1. The average Bonchev–Trinajstić information content (AvgIpc) is 3.24. The van der Waals surface area contributed by atoms with E-state index in [0.717, 1.165) is 38.4 Å². The Labute approximate surface area is 184 Å². The molecule has 0 radical (unpaired) electrons. The molecule has 0 unspecified atom stereocenters.